The number of aromatic nitrogens is 1. The summed E-state index contributed by atoms with van der Waals surface area (Å²) in [5, 5.41) is 8.33. The van der Waals surface area contributed by atoms with Gasteiger partial charge in [-0.2, -0.15) is 5.26 Å². The van der Waals surface area contributed by atoms with Gasteiger partial charge in [-0.05, 0) is 11.6 Å². The van der Waals surface area contributed by atoms with Crippen LogP contribution in [0.4, 0.5) is 5.82 Å². The molecule has 0 aliphatic rings. The number of H-pyrrole nitrogens is 1. The lowest BCUT2D eigenvalue weighted by atomic mass is 10.1. The Labute approximate surface area is 64.8 Å². The number of nitrogens with two attached hydrogens (primary N) is 2. The quantitative estimate of drug-likeness (QED) is 0.573. The summed E-state index contributed by atoms with van der Waals surface area (Å²) in [4.78, 5) is 2.80. The average molecular weight is 150 g/mol. The summed E-state index contributed by atoms with van der Waals surface area (Å²) in [5.74, 6) is 0.577. The number of nitrogens with one attached hydrogen (secondary N) is 1. The molecule has 0 saturated heterocycles. The van der Waals surface area contributed by atoms with Gasteiger partial charge in [0.1, 0.15) is 5.82 Å². The molecule has 1 heterocycles. The van der Waals surface area contributed by atoms with Gasteiger partial charge in [-0.3, -0.25) is 0 Å². The molecule has 1 aromatic rings. The van der Waals surface area contributed by atoms with Gasteiger partial charge in [-0.25, -0.2) is 0 Å². The zero-order valence-electron chi connectivity index (χ0n) is 6.04. The Balaban J connectivity index is 2.70. The van der Waals surface area contributed by atoms with Gasteiger partial charge in [0.05, 0.1) is 12.5 Å². The van der Waals surface area contributed by atoms with Crippen LogP contribution in [0.2, 0.25) is 0 Å². The second-order valence-corrected chi connectivity index (χ2v) is 2.36. The van der Waals surface area contributed by atoms with Gasteiger partial charge in [-0.1, -0.05) is 0 Å². The summed E-state index contributed by atoms with van der Waals surface area (Å²) in [6.07, 6.45) is 2.04. The summed E-state index contributed by atoms with van der Waals surface area (Å²) >= 11 is 0. The van der Waals surface area contributed by atoms with Gasteiger partial charge in [0, 0.05) is 12.2 Å². The minimum Gasteiger partial charge on any atom is -0.385 e. The monoisotopic (exact) mass is 150 g/mol. The minimum absolute atomic E-state index is 0.228. The predicted molar refractivity (Wildman–Crippen MR) is 42.4 cm³/mol. The third-order valence-corrected chi connectivity index (χ3v) is 1.47. The van der Waals surface area contributed by atoms with E-state index in [1.54, 1.807) is 12.3 Å². The third-order valence-electron chi connectivity index (χ3n) is 1.47. The standard InChI is InChI=1S/C7H10N4/c8-2-1-6(9)5-3-7(10)11-4-5/h3-4,6,11H,1,9-10H2/t6-/m0/s1. The van der Waals surface area contributed by atoms with E-state index in [4.69, 9.17) is 16.7 Å². The number of aromatic amines is 1. The van der Waals surface area contributed by atoms with E-state index in [0.29, 0.717) is 12.2 Å². The molecule has 1 aromatic heterocycles. The first-order valence-electron chi connectivity index (χ1n) is 3.30. The summed E-state index contributed by atoms with van der Waals surface area (Å²) < 4.78 is 0. The van der Waals surface area contributed by atoms with E-state index in [-0.39, 0.29) is 6.04 Å². The molecule has 4 heteroatoms. The molecule has 1 rings (SSSR count). The molecule has 0 amide bonds. The van der Waals surface area contributed by atoms with Crippen molar-refractivity contribution in [1.82, 2.24) is 4.98 Å². The van der Waals surface area contributed by atoms with Crippen molar-refractivity contribution in [3.8, 4) is 6.07 Å². The fourth-order valence-corrected chi connectivity index (χ4v) is 0.860. The normalized spacial score (nSPS) is 12.4. The predicted octanol–water partition coefficient (Wildman–Crippen LogP) is 0.510. The Bertz CT molecular complexity index is 270. The molecule has 0 aromatic carbocycles. The van der Waals surface area contributed by atoms with E-state index in [0.717, 1.165) is 5.56 Å². The van der Waals surface area contributed by atoms with Gasteiger partial charge in [0.2, 0.25) is 0 Å². The van der Waals surface area contributed by atoms with Crippen LogP contribution in [0, 0.1) is 11.3 Å². The second kappa shape index (κ2) is 3.08. The largest absolute Gasteiger partial charge is 0.385 e. The number of nitrogen functional groups attached to an aromatic ring is 1. The Morgan fingerprint density at radius 3 is 2.91 bits per heavy atom. The highest BCUT2D eigenvalue weighted by Gasteiger charge is 2.05. The van der Waals surface area contributed by atoms with Crippen LogP contribution in [0.3, 0.4) is 0 Å². The Hall–Kier alpha value is -1.47. The van der Waals surface area contributed by atoms with E-state index >= 15 is 0 Å². The molecule has 5 N–H and O–H groups in total. The molecule has 0 unspecified atom stereocenters. The number of nitrogens with zero attached hydrogens (tertiary/aromatic N) is 1. The molecule has 11 heavy (non-hydrogen) atoms. The Kier molecular flexibility index (Phi) is 2.14. The fraction of sp³-hybridized carbons (Fsp3) is 0.286. The molecule has 0 aliphatic carbocycles. The van der Waals surface area contributed by atoms with Crippen LogP contribution < -0.4 is 11.5 Å². The van der Waals surface area contributed by atoms with Crippen molar-refractivity contribution in [2.75, 3.05) is 5.73 Å². The highest BCUT2D eigenvalue weighted by molar-refractivity contribution is 5.35. The van der Waals surface area contributed by atoms with Crippen molar-refractivity contribution in [3.63, 3.8) is 0 Å². The molecule has 0 fully saturated rings. The lowest BCUT2D eigenvalue weighted by molar-refractivity contribution is 0.750. The molecule has 0 radical (unpaired) electrons. The van der Waals surface area contributed by atoms with Crippen molar-refractivity contribution in [1.29, 1.82) is 5.26 Å². The number of rotatable bonds is 2. The first-order valence-corrected chi connectivity index (χ1v) is 3.30. The fourth-order valence-electron chi connectivity index (χ4n) is 0.860. The van der Waals surface area contributed by atoms with Gasteiger partial charge in [0.25, 0.3) is 0 Å². The molecule has 0 bridgehead atoms. The number of hydrogen-bond acceptors (Lipinski definition) is 3. The second-order valence-electron chi connectivity index (χ2n) is 2.36. The first kappa shape index (κ1) is 7.63. The molecule has 4 nitrogen and oxygen atoms in total. The minimum atomic E-state index is -0.228. The van der Waals surface area contributed by atoms with Crippen LogP contribution in [-0.4, -0.2) is 4.98 Å². The molecular weight excluding hydrogens is 140 g/mol. The summed E-state index contributed by atoms with van der Waals surface area (Å²) in [6, 6.07) is 3.51. The maximum Gasteiger partial charge on any atom is 0.100 e. The van der Waals surface area contributed by atoms with Crippen LogP contribution in [0.25, 0.3) is 0 Å². The molecule has 0 aliphatic heterocycles. The number of hydrogen-bond donors (Lipinski definition) is 3. The number of anilines is 1. The van der Waals surface area contributed by atoms with Gasteiger partial charge in [0.15, 0.2) is 0 Å². The smallest absolute Gasteiger partial charge is 0.100 e. The maximum absolute atomic E-state index is 8.33. The molecule has 0 spiro atoms. The van der Waals surface area contributed by atoms with Crippen molar-refractivity contribution >= 4 is 5.82 Å². The van der Waals surface area contributed by atoms with E-state index in [1.165, 1.54) is 0 Å². The van der Waals surface area contributed by atoms with Gasteiger partial charge >= 0.3 is 0 Å². The lowest BCUT2D eigenvalue weighted by Crippen LogP contribution is -2.07. The molecule has 1 atom stereocenters. The highest BCUT2D eigenvalue weighted by atomic mass is 14.8. The van der Waals surface area contributed by atoms with Crippen LogP contribution >= 0.6 is 0 Å². The summed E-state index contributed by atoms with van der Waals surface area (Å²) in [7, 11) is 0. The van der Waals surface area contributed by atoms with E-state index < -0.39 is 0 Å². The van der Waals surface area contributed by atoms with Crippen LogP contribution in [0.1, 0.15) is 18.0 Å². The maximum atomic E-state index is 8.33. The SMILES string of the molecule is N#CC[C@H](N)c1c[nH]c(N)c1. The van der Waals surface area contributed by atoms with Crippen LogP contribution in [0.5, 0.6) is 0 Å². The van der Waals surface area contributed by atoms with Crippen LogP contribution in [-0.2, 0) is 0 Å². The average Bonchev–Trinajstić information content (AvgIpc) is 2.36. The lowest BCUT2D eigenvalue weighted by Gasteiger charge is -2.01. The van der Waals surface area contributed by atoms with Crippen molar-refractivity contribution in [3.05, 3.63) is 17.8 Å². The summed E-state index contributed by atoms with van der Waals surface area (Å²) in [5.41, 5.74) is 11.9. The molecule has 58 valence electrons. The van der Waals surface area contributed by atoms with Crippen molar-refractivity contribution in [2.24, 2.45) is 5.73 Å². The summed E-state index contributed by atoms with van der Waals surface area (Å²) in [6.45, 7) is 0. The van der Waals surface area contributed by atoms with Gasteiger partial charge in [-0.15, -0.1) is 0 Å². The highest BCUT2D eigenvalue weighted by Crippen LogP contribution is 2.14. The third kappa shape index (κ3) is 1.72. The van der Waals surface area contributed by atoms with Crippen LogP contribution in [0.15, 0.2) is 12.3 Å². The topological polar surface area (TPSA) is 91.6 Å². The van der Waals surface area contributed by atoms with E-state index in [1.807, 2.05) is 6.07 Å². The zero-order valence-corrected chi connectivity index (χ0v) is 6.04. The molecule has 0 saturated carbocycles. The van der Waals surface area contributed by atoms with E-state index in [9.17, 15) is 0 Å². The zero-order chi connectivity index (χ0) is 8.27. The van der Waals surface area contributed by atoms with E-state index in [2.05, 4.69) is 4.98 Å². The number of nitriles is 1. The van der Waals surface area contributed by atoms with Crippen molar-refractivity contribution in [2.45, 2.75) is 12.5 Å². The first-order chi connectivity index (χ1) is 5.24. The molecular formula is C7H10N4. The van der Waals surface area contributed by atoms with Crippen molar-refractivity contribution < 1.29 is 0 Å². The van der Waals surface area contributed by atoms with Gasteiger partial charge < -0.3 is 16.5 Å². The Morgan fingerprint density at radius 1 is 1.73 bits per heavy atom. The Morgan fingerprint density at radius 2 is 2.45 bits per heavy atom.